The van der Waals surface area contributed by atoms with Crippen LogP contribution in [0.25, 0.3) is 0 Å². The zero-order valence-electron chi connectivity index (χ0n) is 23.3. The topological polar surface area (TPSA) is 83.8 Å². The SMILES string of the molecule is CCCC(CCC)C1=N/C(=C(\Br)C=NC)CC(NCc2cccnc2)=C1.CS(=O)(=O)C1=C/CC=CC/C=C\1F. The van der Waals surface area contributed by atoms with Gasteiger partial charge < -0.3 is 5.32 Å². The highest BCUT2D eigenvalue weighted by Crippen LogP contribution is 2.28. The fourth-order valence-corrected chi connectivity index (χ4v) is 5.48. The Hall–Kier alpha value is -2.65. The van der Waals surface area contributed by atoms with E-state index in [0.29, 0.717) is 18.8 Å². The summed E-state index contributed by atoms with van der Waals surface area (Å²) >= 11 is 3.64. The predicted octanol–water partition coefficient (Wildman–Crippen LogP) is 7.54. The molecule has 6 nitrogen and oxygen atoms in total. The number of aliphatic imine (C=N–C) groups is 2. The van der Waals surface area contributed by atoms with Crippen LogP contribution in [0.1, 0.15) is 64.4 Å². The van der Waals surface area contributed by atoms with E-state index in [1.165, 1.54) is 54.8 Å². The van der Waals surface area contributed by atoms with Crippen LogP contribution in [0.5, 0.6) is 0 Å². The Morgan fingerprint density at radius 1 is 1.21 bits per heavy atom. The highest BCUT2D eigenvalue weighted by atomic mass is 79.9. The van der Waals surface area contributed by atoms with Crippen molar-refractivity contribution in [2.45, 2.75) is 65.3 Å². The monoisotopic (exact) mass is 618 g/mol. The Labute approximate surface area is 241 Å². The van der Waals surface area contributed by atoms with E-state index in [4.69, 9.17) is 4.99 Å². The number of sulfone groups is 1. The van der Waals surface area contributed by atoms with Crippen molar-refractivity contribution in [1.82, 2.24) is 10.3 Å². The fraction of sp³-hybridized carbons (Fsp3) is 0.433. The molecule has 0 radical (unpaired) electrons. The van der Waals surface area contributed by atoms with Crippen LogP contribution in [0.15, 0.2) is 91.5 Å². The minimum Gasteiger partial charge on any atom is -0.384 e. The number of aromatic nitrogens is 1. The number of rotatable bonds is 10. The normalized spacial score (nSPS) is 20.0. The van der Waals surface area contributed by atoms with Crippen LogP contribution in [-0.4, -0.2) is 38.6 Å². The van der Waals surface area contributed by atoms with Crippen molar-refractivity contribution in [2.24, 2.45) is 15.9 Å². The molecule has 9 heteroatoms. The summed E-state index contributed by atoms with van der Waals surface area (Å²) in [6, 6.07) is 4.06. The van der Waals surface area contributed by atoms with Crippen molar-refractivity contribution < 1.29 is 12.8 Å². The summed E-state index contributed by atoms with van der Waals surface area (Å²) in [6.45, 7) is 5.26. The molecule has 0 aromatic carbocycles. The molecule has 0 unspecified atom stereocenters. The molecule has 1 aromatic rings. The molecule has 39 heavy (non-hydrogen) atoms. The lowest BCUT2D eigenvalue weighted by Crippen LogP contribution is -2.22. The van der Waals surface area contributed by atoms with Crippen LogP contribution in [0.4, 0.5) is 4.39 Å². The van der Waals surface area contributed by atoms with Crippen LogP contribution in [-0.2, 0) is 16.4 Å². The van der Waals surface area contributed by atoms with E-state index in [2.05, 4.69) is 57.2 Å². The Kier molecular flexibility index (Phi) is 14.3. The van der Waals surface area contributed by atoms with E-state index in [0.717, 1.165) is 29.4 Å². The third-order valence-electron chi connectivity index (χ3n) is 6.07. The standard InChI is InChI=1S/C21H29BrN4.C9H11FO2S/c1-4-7-17(8-5-2)20-11-18(12-21(26-20)19(22)15-23-3)25-14-16-9-6-10-24-13-16;1-13(11,12)9-7-5-3-2-4-6-8(9)10/h6,9-11,13,15,17,25H,4-5,7-8,12,14H2,1-3H3;2-3,6-7H,4-5H2,1H3/b21-19-,23-15?;3-2?,8-6+,9-7+. The highest BCUT2D eigenvalue weighted by Gasteiger charge is 2.20. The minimum absolute atomic E-state index is 0.197. The molecule has 0 amide bonds. The average Bonchev–Trinajstić information content (AvgIpc) is 2.90. The third kappa shape index (κ3) is 11.5. The molecule has 2 heterocycles. The van der Waals surface area contributed by atoms with Gasteiger partial charge in [-0.25, -0.2) is 12.8 Å². The highest BCUT2D eigenvalue weighted by molar-refractivity contribution is 9.12. The molecular formula is C30H40BrFN4O2S. The van der Waals surface area contributed by atoms with Gasteiger partial charge in [-0.15, -0.1) is 0 Å². The van der Waals surface area contributed by atoms with Crippen molar-refractivity contribution in [3.8, 4) is 0 Å². The quantitative estimate of drug-likeness (QED) is 0.217. The molecule has 0 fully saturated rings. The maximum absolute atomic E-state index is 13.2. The zero-order valence-corrected chi connectivity index (χ0v) is 25.7. The van der Waals surface area contributed by atoms with Gasteiger partial charge in [0.15, 0.2) is 9.84 Å². The molecule has 1 aliphatic heterocycles. The average molecular weight is 620 g/mol. The smallest absolute Gasteiger partial charge is 0.178 e. The second-order valence-corrected chi connectivity index (χ2v) is 12.2. The van der Waals surface area contributed by atoms with Crippen molar-refractivity contribution in [1.29, 1.82) is 0 Å². The van der Waals surface area contributed by atoms with Gasteiger partial charge in [0.2, 0.25) is 0 Å². The van der Waals surface area contributed by atoms with Crippen molar-refractivity contribution >= 4 is 37.7 Å². The number of nitrogens with one attached hydrogen (secondary N) is 1. The molecule has 0 saturated carbocycles. The summed E-state index contributed by atoms with van der Waals surface area (Å²) in [5.74, 6) is -0.138. The van der Waals surface area contributed by atoms with Crippen LogP contribution >= 0.6 is 15.9 Å². The van der Waals surface area contributed by atoms with Crippen LogP contribution < -0.4 is 5.32 Å². The molecule has 0 saturated heterocycles. The number of nitrogens with zero attached hydrogens (tertiary/aromatic N) is 3. The summed E-state index contributed by atoms with van der Waals surface area (Å²) in [5.41, 5.74) is 4.60. The maximum Gasteiger partial charge on any atom is 0.178 e. The first kappa shape index (κ1) is 32.6. The molecule has 212 valence electrons. The van der Waals surface area contributed by atoms with E-state index in [9.17, 15) is 12.8 Å². The first-order valence-electron chi connectivity index (χ1n) is 13.3. The second kappa shape index (κ2) is 17.1. The summed E-state index contributed by atoms with van der Waals surface area (Å²) in [7, 11) is -1.65. The number of dihydropyridines is 1. The van der Waals surface area contributed by atoms with Crippen molar-refractivity contribution in [3.63, 3.8) is 0 Å². The van der Waals surface area contributed by atoms with Gasteiger partial charge in [-0.1, -0.05) is 51.0 Å². The summed E-state index contributed by atoms with van der Waals surface area (Å²) in [5, 5.41) is 3.57. The third-order valence-corrected chi connectivity index (χ3v) is 7.89. The summed E-state index contributed by atoms with van der Waals surface area (Å²) < 4.78 is 36.3. The van der Waals surface area contributed by atoms with Gasteiger partial charge in [-0.3, -0.25) is 15.0 Å². The molecular weight excluding hydrogens is 579 g/mol. The van der Waals surface area contributed by atoms with Gasteiger partial charge >= 0.3 is 0 Å². The minimum atomic E-state index is -3.43. The molecule has 0 atom stereocenters. The molecule has 1 aliphatic carbocycles. The molecule has 2 aliphatic rings. The Morgan fingerprint density at radius 3 is 2.49 bits per heavy atom. The lowest BCUT2D eigenvalue weighted by atomic mass is 9.90. The molecule has 1 aromatic heterocycles. The predicted molar refractivity (Wildman–Crippen MR) is 165 cm³/mol. The number of allylic oxidation sites excluding steroid dienone is 7. The summed E-state index contributed by atoms with van der Waals surface area (Å²) in [6.07, 6.45) is 21.4. The van der Waals surface area contributed by atoms with E-state index >= 15 is 0 Å². The van der Waals surface area contributed by atoms with E-state index < -0.39 is 15.7 Å². The summed E-state index contributed by atoms with van der Waals surface area (Å²) in [4.78, 5) is 13.1. The number of halogens is 2. The first-order valence-corrected chi connectivity index (χ1v) is 16.0. The van der Waals surface area contributed by atoms with Gasteiger partial charge in [-0.2, -0.15) is 0 Å². The lowest BCUT2D eigenvalue weighted by molar-refractivity contribution is 0.558. The first-order chi connectivity index (χ1) is 18.7. The van der Waals surface area contributed by atoms with Gasteiger partial charge in [0.1, 0.15) is 5.83 Å². The Balaban J connectivity index is 0.000000344. The molecule has 3 rings (SSSR count). The van der Waals surface area contributed by atoms with Crippen LogP contribution in [0, 0.1) is 5.92 Å². The van der Waals surface area contributed by atoms with E-state index in [1.54, 1.807) is 19.3 Å². The molecule has 1 N–H and O–H groups in total. The van der Waals surface area contributed by atoms with Gasteiger partial charge in [0.05, 0.1) is 15.1 Å². The zero-order chi connectivity index (χ0) is 28.7. The molecule has 0 spiro atoms. The van der Waals surface area contributed by atoms with Gasteiger partial charge in [-0.05, 0) is 65.4 Å². The van der Waals surface area contributed by atoms with Crippen molar-refractivity contribution in [3.05, 3.63) is 87.1 Å². The Morgan fingerprint density at radius 2 is 1.90 bits per heavy atom. The van der Waals surface area contributed by atoms with Gasteiger partial charge in [0, 0.05) is 62.2 Å². The number of pyridine rings is 1. The number of hydrogen-bond acceptors (Lipinski definition) is 6. The van der Waals surface area contributed by atoms with Crippen LogP contribution in [0.2, 0.25) is 0 Å². The van der Waals surface area contributed by atoms with Crippen LogP contribution in [0.3, 0.4) is 0 Å². The maximum atomic E-state index is 13.2. The fourth-order valence-electron chi connectivity index (χ4n) is 4.21. The number of hydrogen-bond donors (Lipinski definition) is 1. The van der Waals surface area contributed by atoms with E-state index in [-0.39, 0.29) is 4.91 Å². The Bertz CT molecular complexity index is 1260. The second-order valence-electron chi connectivity index (χ2n) is 9.39. The van der Waals surface area contributed by atoms with Gasteiger partial charge in [0.25, 0.3) is 0 Å². The van der Waals surface area contributed by atoms with E-state index in [1.807, 2.05) is 24.6 Å². The molecule has 0 bridgehead atoms. The largest absolute Gasteiger partial charge is 0.384 e. The van der Waals surface area contributed by atoms with Crippen molar-refractivity contribution in [2.75, 3.05) is 13.3 Å². The lowest BCUT2D eigenvalue weighted by Gasteiger charge is -2.23.